The average Bonchev–Trinajstić information content (AvgIpc) is 2.77. The summed E-state index contributed by atoms with van der Waals surface area (Å²) in [4.78, 5) is 0. The molecule has 19 heavy (non-hydrogen) atoms. The van der Waals surface area contributed by atoms with Crippen LogP contribution in [0.4, 0.5) is 0 Å². The first-order valence-corrected chi connectivity index (χ1v) is 6.05. The van der Waals surface area contributed by atoms with Gasteiger partial charge < -0.3 is 15.2 Å². The zero-order valence-corrected chi connectivity index (χ0v) is 11.7. The zero-order chi connectivity index (χ0) is 14.0. The first kappa shape index (κ1) is 13.4. The first-order chi connectivity index (χ1) is 9.10. The Morgan fingerprint density at radius 1 is 1.21 bits per heavy atom. The Morgan fingerprint density at radius 3 is 2.21 bits per heavy atom. The smallest absolute Gasteiger partial charge is 0.127 e. The van der Waals surface area contributed by atoms with Crippen molar-refractivity contribution in [2.24, 2.45) is 12.8 Å². The molecule has 102 valence electrons. The van der Waals surface area contributed by atoms with E-state index >= 15 is 0 Å². The van der Waals surface area contributed by atoms with Gasteiger partial charge in [0.1, 0.15) is 11.5 Å². The largest absolute Gasteiger partial charge is 0.496 e. The molecule has 0 fully saturated rings. The normalized spacial score (nSPS) is 12.3. The van der Waals surface area contributed by atoms with Crippen LogP contribution in [0.5, 0.6) is 11.5 Å². The second-order valence-corrected chi connectivity index (χ2v) is 4.36. The second kappa shape index (κ2) is 5.32. The maximum Gasteiger partial charge on any atom is 0.127 e. The number of rotatable bonds is 4. The summed E-state index contributed by atoms with van der Waals surface area (Å²) in [6.07, 6.45) is 1.78. The van der Waals surface area contributed by atoms with E-state index in [0.717, 1.165) is 28.3 Å². The van der Waals surface area contributed by atoms with Crippen LogP contribution >= 0.6 is 0 Å². The predicted molar refractivity (Wildman–Crippen MR) is 73.5 cm³/mol. The molecule has 2 N–H and O–H groups in total. The van der Waals surface area contributed by atoms with Crippen LogP contribution in [-0.2, 0) is 7.05 Å². The van der Waals surface area contributed by atoms with Crippen LogP contribution < -0.4 is 15.2 Å². The summed E-state index contributed by atoms with van der Waals surface area (Å²) < 4.78 is 12.6. The number of ether oxygens (including phenoxy) is 2. The van der Waals surface area contributed by atoms with Gasteiger partial charge in [-0.05, 0) is 19.1 Å². The fourth-order valence-electron chi connectivity index (χ4n) is 2.16. The van der Waals surface area contributed by atoms with E-state index in [1.54, 1.807) is 25.1 Å². The van der Waals surface area contributed by atoms with Gasteiger partial charge in [-0.15, -0.1) is 0 Å². The highest BCUT2D eigenvalue weighted by Gasteiger charge is 2.22. The van der Waals surface area contributed by atoms with Crippen molar-refractivity contribution in [3.8, 4) is 11.5 Å². The van der Waals surface area contributed by atoms with Gasteiger partial charge in [-0.2, -0.15) is 5.10 Å². The molecule has 2 aromatic rings. The Bertz CT molecular complexity index is 556. The van der Waals surface area contributed by atoms with Gasteiger partial charge in [0.25, 0.3) is 0 Å². The number of aryl methyl sites for hydroxylation is 1. The molecule has 0 spiro atoms. The van der Waals surface area contributed by atoms with Crippen molar-refractivity contribution in [2.75, 3.05) is 14.2 Å². The van der Waals surface area contributed by atoms with Crippen LogP contribution in [0.15, 0.2) is 24.4 Å². The van der Waals surface area contributed by atoms with Crippen molar-refractivity contribution < 1.29 is 9.47 Å². The maximum absolute atomic E-state index is 6.37. The van der Waals surface area contributed by atoms with Gasteiger partial charge in [0, 0.05) is 18.3 Å². The van der Waals surface area contributed by atoms with Crippen LogP contribution in [-0.4, -0.2) is 24.0 Å². The standard InChI is InChI=1S/C14H19N3O2/c1-9-10(8-16-17(9)2)14(15)13-11(18-3)6-5-7-12(13)19-4/h5-8,14H,15H2,1-4H3. The van der Waals surface area contributed by atoms with Crippen LogP contribution in [0, 0.1) is 6.92 Å². The molecule has 0 bridgehead atoms. The average molecular weight is 261 g/mol. The Labute approximate surface area is 112 Å². The second-order valence-electron chi connectivity index (χ2n) is 4.36. The summed E-state index contributed by atoms with van der Waals surface area (Å²) in [6.45, 7) is 1.99. The molecule has 1 heterocycles. The number of hydrogen-bond acceptors (Lipinski definition) is 4. The molecule has 5 heteroatoms. The highest BCUT2D eigenvalue weighted by atomic mass is 16.5. The molecular weight excluding hydrogens is 242 g/mol. The van der Waals surface area contributed by atoms with Gasteiger partial charge in [-0.3, -0.25) is 4.68 Å². The van der Waals surface area contributed by atoms with Crippen molar-refractivity contribution in [3.63, 3.8) is 0 Å². The number of nitrogens with two attached hydrogens (primary N) is 1. The minimum atomic E-state index is -0.334. The highest BCUT2D eigenvalue weighted by Crippen LogP contribution is 2.36. The van der Waals surface area contributed by atoms with Crippen molar-refractivity contribution in [3.05, 3.63) is 41.2 Å². The van der Waals surface area contributed by atoms with E-state index in [1.165, 1.54) is 0 Å². The molecule has 1 aromatic heterocycles. The van der Waals surface area contributed by atoms with Crippen LogP contribution in [0.25, 0.3) is 0 Å². The number of hydrogen-bond donors (Lipinski definition) is 1. The molecule has 1 unspecified atom stereocenters. The molecule has 0 aliphatic carbocycles. The quantitative estimate of drug-likeness (QED) is 0.911. The number of methoxy groups -OCH3 is 2. The minimum absolute atomic E-state index is 0.334. The summed E-state index contributed by atoms with van der Waals surface area (Å²) in [5.41, 5.74) is 9.20. The SMILES string of the molecule is COc1cccc(OC)c1C(N)c1cnn(C)c1C. The molecule has 0 aliphatic rings. The van der Waals surface area contributed by atoms with E-state index in [0.29, 0.717) is 0 Å². The molecule has 0 saturated carbocycles. The Hall–Kier alpha value is -2.01. The minimum Gasteiger partial charge on any atom is -0.496 e. The molecule has 0 amide bonds. The highest BCUT2D eigenvalue weighted by molar-refractivity contribution is 5.50. The third kappa shape index (κ3) is 2.29. The number of nitrogens with zero attached hydrogens (tertiary/aromatic N) is 2. The first-order valence-electron chi connectivity index (χ1n) is 6.05. The van der Waals surface area contributed by atoms with Crippen molar-refractivity contribution >= 4 is 0 Å². The zero-order valence-electron chi connectivity index (χ0n) is 11.7. The van der Waals surface area contributed by atoms with Gasteiger partial charge in [0.15, 0.2) is 0 Å². The predicted octanol–water partition coefficient (Wildman–Crippen LogP) is 1.79. The lowest BCUT2D eigenvalue weighted by atomic mass is 9.98. The van der Waals surface area contributed by atoms with Crippen LogP contribution in [0.3, 0.4) is 0 Å². The lowest BCUT2D eigenvalue weighted by molar-refractivity contribution is 0.382. The van der Waals surface area contributed by atoms with Crippen LogP contribution in [0.1, 0.15) is 22.9 Å². The maximum atomic E-state index is 6.37. The summed E-state index contributed by atoms with van der Waals surface area (Å²) in [6, 6.07) is 5.30. The fraction of sp³-hybridized carbons (Fsp3) is 0.357. The van der Waals surface area contributed by atoms with E-state index in [4.69, 9.17) is 15.2 Å². The van der Waals surface area contributed by atoms with Crippen LogP contribution in [0.2, 0.25) is 0 Å². The molecule has 0 aliphatic heterocycles. The number of aromatic nitrogens is 2. The molecule has 0 radical (unpaired) electrons. The molecular formula is C14H19N3O2. The van der Waals surface area contributed by atoms with E-state index in [9.17, 15) is 0 Å². The molecule has 1 atom stereocenters. The molecule has 5 nitrogen and oxygen atoms in total. The van der Waals surface area contributed by atoms with Crippen molar-refractivity contribution in [2.45, 2.75) is 13.0 Å². The topological polar surface area (TPSA) is 62.3 Å². The van der Waals surface area contributed by atoms with Crippen molar-refractivity contribution in [1.82, 2.24) is 9.78 Å². The molecule has 2 rings (SSSR count). The van der Waals surface area contributed by atoms with E-state index < -0.39 is 0 Å². The summed E-state index contributed by atoms with van der Waals surface area (Å²) in [5.74, 6) is 1.44. The van der Waals surface area contributed by atoms with Crippen molar-refractivity contribution in [1.29, 1.82) is 0 Å². The fourth-order valence-corrected chi connectivity index (χ4v) is 2.16. The Balaban J connectivity index is 2.54. The van der Waals surface area contributed by atoms with E-state index in [2.05, 4.69) is 5.10 Å². The molecule has 0 saturated heterocycles. The van der Waals surface area contributed by atoms with Gasteiger partial charge >= 0.3 is 0 Å². The lowest BCUT2D eigenvalue weighted by Gasteiger charge is -2.18. The third-order valence-electron chi connectivity index (χ3n) is 3.39. The van der Waals surface area contributed by atoms with Gasteiger partial charge in [-0.25, -0.2) is 0 Å². The Morgan fingerprint density at radius 2 is 1.79 bits per heavy atom. The number of benzene rings is 1. The third-order valence-corrected chi connectivity index (χ3v) is 3.39. The van der Waals surface area contributed by atoms with Gasteiger partial charge in [0.2, 0.25) is 0 Å². The van der Waals surface area contributed by atoms with E-state index in [-0.39, 0.29) is 6.04 Å². The summed E-state index contributed by atoms with van der Waals surface area (Å²) in [5, 5.41) is 4.23. The van der Waals surface area contributed by atoms with E-state index in [1.807, 2.05) is 32.2 Å². The monoisotopic (exact) mass is 261 g/mol. The summed E-state index contributed by atoms with van der Waals surface area (Å²) >= 11 is 0. The van der Waals surface area contributed by atoms with Gasteiger partial charge in [-0.1, -0.05) is 6.07 Å². The lowest BCUT2D eigenvalue weighted by Crippen LogP contribution is -2.15. The van der Waals surface area contributed by atoms with Gasteiger partial charge in [0.05, 0.1) is 32.0 Å². The Kier molecular flexibility index (Phi) is 3.76. The molecule has 1 aromatic carbocycles. The summed E-state index contributed by atoms with van der Waals surface area (Å²) in [7, 11) is 5.15.